The second kappa shape index (κ2) is 7.62. The molecule has 0 fully saturated rings. The highest BCUT2D eigenvalue weighted by Gasteiger charge is 2.21. The zero-order valence-corrected chi connectivity index (χ0v) is 9.69. The number of allylic oxidation sites excluding steroid dienone is 1. The SMILES string of the molecule is CCOC(=O)C(=CC(C)C=O)C(=O)OCC. The summed E-state index contributed by atoms with van der Waals surface area (Å²) in [6.45, 7) is 5.13. The average Bonchev–Trinajstić information content (AvgIpc) is 2.25. The van der Waals surface area contributed by atoms with Crippen molar-refractivity contribution in [1.29, 1.82) is 0 Å². The molecule has 0 aliphatic carbocycles. The number of hydrogen-bond donors (Lipinski definition) is 0. The van der Waals surface area contributed by atoms with Gasteiger partial charge >= 0.3 is 11.9 Å². The highest BCUT2D eigenvalue weighted by atomic mass is 16.6. The first-order valence-electron chi connectivity index (χ1n) is 5.08. The molecule has 0 rings (SSSR count). The molecule has 90 valence electrons. The Morgan fingerprint density at radius 2 is 1.56 bits per heavy atom. The van der Waals surface area contributed by atoms with E-state index in [-0.39, 0.29) is 18.8 Å². The third kappa shape index (κ3) is 4.72. The molecular weight excluding hydrogens is 212 g/mol. The van der Waals surface area contributed by atoms with Gasteiger partial charge in [0.1, 0.15) is 11.9 Å². The molecule has 0 aromatic heterocycles. The van der Waals surface area contributed by atoms with Crippen LogP contribution in [0.5, 0.6) is 0 Å². The van der Waals surface area contributed by atoms with Crippen molar-refractivity contribution in [1.82, 2.24) is 0 Å². The van der Waals surface area contributed by atoms with E-state index < -0.39 is 17.9 Å². The van der Waals surface area contributed by atoms with Crippen molar-refractivity contribution in [3.05, 3.63) is 11.6 Å². The quantitative estimate of drug-likeness (QED) is 0.222. The van der Waals surface area contributed by atoms with Gasteiger partial charge in [-0.2, -0.15) is 0 Å². The molecule has 1 atom stereocenters. The molecule has 0 N–H and O–H groups in total. The van der Waals surface area contributed by atoms with Crippen molar-refractivity contribution in [2.24, 2.45) is 5.92 Å². The van der Waals surface area contributed by atoms with E-state index in [0.717, 1.165) is 0 Å². The van der Waals surface area contributed by atoms with Crippen LogP contribution in [-0.2, 0) is 23.9 Å². The molecule has 0 aliphatic heterocycles. The van der Waals surface area contributed by atoms with Gasteiger partial charge in [0, 0.05) is 5.92 Å². The van der Waals surface area contributed by atoms with Crippen LogP contribution < -0.4 is 0 Å². The minimum absolute atomic E-state index is 0.158. The highest BCUT2D eigenvalue weighted by Crippen LogP contribution is 2.06. The topological polar surface area (TPSA) is 69.7 Å². The summed E-state index contributed by atoms with van der Waals surface area (Å²) in [5.41, 5.74) is -0.233. The van der Waals surface area contributed by atoms with E-state index in [2.05, 4.69) is 0 Å². The first kappa shape index (κ1) is 14.3. The van der Waals surface area contributed by atoms with Crippen molar-refractivity contribution in [3.63, 3.8) is 0 Å². The number of carbonyl (C=O) groups excluding carboxylic acids is 3. The van der Waals surface area contributed by atoms with Crippen LogP contribution in [0, 0.1) is 5.92 Å². The summed E-state index contributed by atoms with van der Waals surface area (Å²) < 4.78 is 9.39. The molecule has 0 heterocycles. The number of carbonyl (C=O) groups is 3. The molecule has 5 nitrogen and oxygen atoms in total. The fourth-order valence-electron chi connectivity index (χ4n) is 0.939. The van der Waals surface area contributed by atoms with Crippen molar-refractivity contribution < 1.29 is 23.9 Å². The van der Waals surface area contributed by atoms with Crippen LogP contribution in [0.3, 0.4) is 0 Å². The van der Waals surface area contributed by atoms with Crippen LogP contribution in [-0.4, -0.2) is 31.4 Å². The van der Waals surface area contributed by atoms with Gasteiger partial charge in [-0.25, -0.2) is 9.59 Å². The predicted molar refractivity (Wildman–Crippen MR) is 56.6 cm³/mol. The smallest absolute Gasteiger partial charge is 0.345 e. The summed E-state index contributed by atoms with van der Waals surface area (Å²) in [4.78, 5) is 33.3. The van der Waals surface area contributed by atoms with Gasteiger partial charge in [-0.3, -0.25) is 0 Å². The van der Waals surface area contributed by atoms with E-state index in [4.69, 9.17) is 9.47 Å². The van der Waals surface area contributed by atoms with Crippen LogP contribution in [0.2, 0.25) is 0 Å². The summed E-state index contributed by atoms with van der Waals surface area (Å²) in [6, 6.07) is 0. The second-order valence-electron chi connectivity index (χ2n) is 3.02. The van der Waals surface area contributed by atoms with Crippen molar-refractivity contribution in [3.8, 4) is 0 Å². The lowest BCUT2D eigenvalue weighted by Gasteiger charge is -2.07. The molecule has 0 aromatic rings. The summed E-state index contributed by atoms with van der Waals surface area (Å²) in [5, 5.41) is 0. The predicted octanol–water partition coefficient (Wildman–Crippen LogP) is 0.874. The molecule has 1 unspecified atom stereocenters. The minimum Gasteiger partial charge on any atom is -0.462 e. The monoisotopic (exact) mass is 228 g/mol. The molecule has 0 saturated carbocycles. The van der Waals surface area contributed by atoms with E-state index in [1.165, 1.54) is 6.08 Å². The van der Waals surface area contributed by atoms with Crippen LogP contribution in [0.25, 0.3) is 0 Å². The third-order valence-corrected chi connectivity index (χ3v) is 1.63. The lowest BCUT2D eigenvalue weighted by molar-refractivity contribution is -0.146. The molecule has 0 spiro atoms. The average molecular weight is 228 g/mol. The Balaban J connectivity index is 4.89. The van der Waals surface area contributed by atoms with Gasteiger partial charge in [0.15, 0.2) is 0 Å². The number of aldehydes is 1. The zero-order chi connectivity index (χ0) is 12.6. The summed E-state index contributed by atoms with van der Waals surface area (Å²) in [6.07, 6.45) is 1.86. The molecule has 16 heavy (non-hydrogen) atoms. The standard InChI is InChI=1S/C11H16O5/c1-4-15-10(13)9(6-8(3)7-12)11(14)16-5-2/h6-8H,4-5H2,1-3H3. The lowest BCUT2D eigenvalue weighted by Crippen LogP contribution is -2.19. The van der Waals surface area contributed by atoms with Gasteiger partial charge in [-0.15, -0.1) is 0 Å². The maximum Gasteiger partial charge on any atom is 0.345 e. The van der Waals surface area contributed by atoms with Gasteiger partial charge in [0.25, 0.3) is 0 Å². The Bertz CT molecular complexity index is 273. The van der Waals surface area contributed by atoms with Crippen LogP contribution in [0.15, 0.2) is 11.6 Å². The molecule has 0 saturated heterocycles. The minimum atomic E-state index is -0.769. The molecule has 0 bridgehead atoms. The molecule has 0 amide bonds. The van der Waals surface area contributed by atoms with Crippen molar-refractivity contribution in [2.45, 2.75) is 20.8 Å². The lowest BCUT2D eigenvalue weighted by atomic mass is 10.1. The van der Waals surface area contributed by atoms with E-state index in [0.29, 0.717) is 6.29 Å². The number of hydrogen-bond acceptors (Lipinski definition) is 5. The van der Waals surface area contributed by atoms with Crippen LogP contribution in [0.4, 0.5) is 0 Å². The summed E-state index contributed by atoms with van der Waals surface area (Å²) in [5.74, 6) is -2.08. The Morgan fingerprint density at radius 3 is 1.88 bits per heavy atom. The molecule has 5 heteroatoms. The molecule has 0 radical (unpaired) electrons. The third-order valence-electron chi connectivity index (χ3n) is 1.63. The van der Waals surface area contributed by atoms with Crippen molar-refractivity contribution in [2.75, 3.05) is 13.2 Å². The van der Waals surface area contributed by atoms with E-state index in [1.54, 1.807) is 20.8 Å². The molecule has 0 aromatic carbocycles. The normalized spacial score (nSPS) is 11.2. The van der Waals surface area contributed by atoms with Crippen molar-refractivity contribution >= 4 is 18.2 Å². The number of esters is 2. The van der Waals surface area contributed by atoms with E-state index >= 15 is 0 Å². The Hall–Kier alpha value is -1.65. The summed E-state index contributed by atoms with van der Waals surface area (Å²) in [7, 11) is 0. The van der Waals surface area contributed by atoms with Gasteiger partial charge in [-0.1, -0.05) is 13.0 Å². The highest BCUT2D eigenvalue weighted by molar-refractivity contribution is 6.14. The number of rotatable bonds is 6. The van der Waals surface area contributed by atoms with Crippen LogP contribution >= 0.6 is 0 Å². The van der Waals surface area contributed by atoms with E-state index in [9.17, 15) is 14.4 Å². The van der Waals surface area contributed by atoms with Gasteiger partial charge in [0.2, 0.25) is 0 Å². The second-order valence-corrected chi connectivity index (χ2v) is 3.02. The maximum atomic E-state index is 11.4. The van der Waals surface area contributed by atoms with Gasteiger partial charge in [0.05, 0.1) is 13.2 Å². The van der Waals surface area contributed by atoms with Gasteiger partial charge in [-0.05, 0) is 13.8 Å². The Morgan fingerprint density at radius 1 is 1.12 bits per heavy atom. The summed E-state index contributed by atoms with van der Waals surface area (Å²) >= 11 is 0. The molecule has 0 aliphatic rings. The fourth-order valence-corrected chi connectivity index (χ4v) is 0.939. The first-order chi connectivity index (χ1) is 7.56. The molecular formula is C11H16O5. The number of ether oxygens (including phenoxy) is 2. The maximum absolute atomic E-state index is 11.4. The first-order valence-corrected chi connectivity index (χ1v) is 5.08. The Kier molecular flexibility index (Phi) is 6.83. The largest absolute Gasteiger partial charge is 0.462 e. The van der Waals surface area contributed by atoms with Crippen LogP contribution in [0.1, 0.15) is 20.8 Å². The van der Waals surface area contributed by atoms with Gasteiger partial charge < -0.3 is 14.3 Å². The Labute approximate surface area is 94.4 Å². The zero-order valence-electron chi connectivity index (χ0n) is 9.69. The van der Waals surface area contributed by atoms with E-state index in [1.807, 2.05) is 0 Å². The fraction of sp³-hybridized carbons (Fsp3) is 0.545.